The first-order chi connectivity index (χ1) is 6.30. The van der Waals surface area contributed by atoms with Crippen molar-refractivity contribution in [2.75, 3.05) is 20.8 Å². The van der Waals surface area contributed by atoms with Gasteiger partial charge in [-0.2, -0.15) is 9.97 Å². The van der Waals surface area contributed by atoms with Crippen LogP contribution in [0, 0.1) is 0 Å². The van der Waals surface area contributed by atoms with E-state index in [0.29, 0.717) is 18.8 Å². The van der Waals surface area contributed by atoms with Gasteiger partial charge in [-0.3, -0.25) is 0 Å². The zero-order valence-electron chi connectivity index (χ0n) is 7.65. The van der Waals surface area contributed by atoms with E-state index in [4.69, 9.17) is 15.2 Å². The highest BCUT2D eigenvalue weighted by molar-refractivity contribution is 5.05. The van der Waals surface area contributed by atoms with Gasteiger partial charge in [-0.05, 0) is 6.54 Å². The SMILES string of the molecule is COc1nc(CCN)nc(OC)n1. The minimum atomic E-state index is 0.246. The molecule has 0 aliphatic rings. The summed E-state index contributed by atoms with van der Waals surface area (Å²) in [4.78, 5) is 11.8. The second-order valence-corrected chi connectivity index (χ2v) is 2.26. The van der Waals surface area contributed by atoms with Crippen molar-refractivity contribution >= 4 is 0 Å². The van der Waals surface area contributed by atoms with Gasteiger partial charge >= 0.3 is 12.0 Å². The van der Waals surface area contributed by atoms with Crippen LogP contribution in [0.2, 0.25) is 0 Å². The van der Waals surface area contributed by atoms with Crippen molar-refractivity contribution in [1.29, 1.82) is 0 Å². The van der Waals surface area contributed by atoms with E-state index in [9.17, 15) is 0 Å². The maximum absolute atomic E-state index is 5.36. The van der Waals surface area contributed by atoms with Gasteiger partial charge in [0.2, 0.25) is 0 Å². The van der Waals surface area contributed by atoms with Crippen molar-refractivity contribution in [2.24, 2.45) is 5.73 Å². The van der Waals surface area contributed by atoms with E-state index in [1.165, 1.54) is 14.2 Å². The van der Waals surface area contributed by atoms with Gasteiger partial charge in [0, 0.05) is 6.42 Å². The Kier molecular flexibility index (Phi) is 3.39. The molecule has 6 heteroatoms. The zero-order chi connectivity index (χ0) is 9.68. The maximum atomic E-state index is 5.36. The molecule has 0 spiro atoms. The second-order valence-electron chi connectivity index (χ2n) is 2.26. The van der Waals surface area contributed by atoms with Crippen molar-refractivity contribution in [3.05, 3.63) is 5.82 Å². The molecule has 1 heterocycles. The quantitative estimate of drug-likeness (QED) is 0.672. The Morgan fingerprint density at radius 2 is 1.62 bits per heavy atom. The minimum absolute atomic E-state index is 0.246. The van der Waals surface area contributed by atoms with Crippen LogP contribution < -0.4 is 15.2 Å². The van der Waals surface area contributed by atoms with Gasteiger partial charge in [0.25, 0.3) is 0 Å². The van der Waals surface area contributed by atoms with Crippen LogP contribution in [0.25, 0.3) is 0 Å². The molecule has 0 unspecified atom stereocenters. The van der Waals surface area contributed by atoms with Crippen LogP contribution in [0.3, 0.4) is 0 Å². The van der Waals surface area contributed by atoms with Gasteiger partial charge in [0.05, 0.1) is 14.2 Å². The van der Waals surface area contributed by atoms with Crippen LogP contribution in [0.15, 0.2) is 0 Å². The maximum Gasteiger partial charge on any atom is 0.322 e. The standard InChI is InChI=1S/C7H12N4O2/c1-12-6-9-5(3-4-8)10-7(11-6)13-2/h3-4,8H2,1-2H3. The highest BCUT2D eigenvalue weighted by Crippen LogP contribution is 2.08. The van der Waals surface area contributed by atoms with E-state index >= 15 is 0 Å². The van der Waals surface area contributed by atoms with E-state index in [1.807, 2.05) is 0 Å². The van der Waals surface area contributed by atoms with Crippen molar-refractivity contribution < 1.29 is 9.47 Å². The Hall–Kier alpha value is -1.43. The van der Waals surface area contributed by atoms with E-state index in [1.54, 1.807) is 0 Å². The summed E-state index contributed by atoms with van der Waals surface area (Å²) >= 11 is 0. The summed E-state index contributed by atoms with van der Waals surface area (Å²) in [6.45, 7) is 0.482. The Morgan fingerprint density at radius 1 is 1.08 bits per heavy atom. The Bertz CT molecular complexity index is 257. The largest absolute Gasteiger partial charge is 0.467 e. The lowest BCUT2D eigenvalue weighted by Gasteiger charge is -2.03. The molecule has 13 heavy (non-hydrogen) atoms. The minimum Gasteiger partial charge on any atom is -0.467 e. The smallest absolute Gasteiger partial charge is 0.322 e. The van der Waals surface area contributed by atoms with Gasteiger partial charge in [-0.1, -0.05) is 0 Å². The number of hydrogen-bond donors (Lipinski definition) is 1. The van der Waals surface area contributed by atoms with E-state index in [2.05, 4.69) is 15.0 Å². The van der Waals surface area contributed by atoms with Crippen LogP contribution >= 0.6 is 0 Å². The fraction of sp³-hybridized carbons (Fsp3) is 0.571. The van der Waals surface area contributed by atoms with Crippen LogP contribution in [0.1, 0.15) is 5.82 Å². The molecule has 0 amide bonds. The average molecular weight is 184 g/mol. The normalized spacial score (nSPS) is 9.77. The van der Waals surface area contributed by atoms with Crippen molar-refractivity contribution in [1.82, 2.24) is 15.0 Å². The van der Waals surface area contributed by atoms with Gasteiger partial charge < -0.3 is 15.2 Å². The number of methoxy groups -OCH3 is 2. The van der Waals surface area contributed by atoms with E-state index < -0.39 is 0 Å². The molecule has 2 N–H and O–H groups in total. The molecule has 0 aliphatic heterocycles. The predicted molar refractivity (Wildman–Crippen MR) is 45.7 cm³/mol. The van der Waals surface area contributed by atoms with Crippen LogP contribution in [0.5, 0.6) is 12.0 Å². The van der Waals surface area contributed by atoms with Gasteiger partial charge in [-0.15, -0.1) is 4.98 Å². The number of nitrogens with zero attached hydrogens (tertiary/aromatic N) is 3. The monoisotopic (exact) mass is 184 g/mol. The Balaban J connectivity index is 2.93. The molecule has 0 bridgehead atoms. The lowest BCUT2D eigenvalue weighted by atomic mass is 10.4. The molecule has 0 fully saturated rings. The lowest BCUT2D eigenvalue weighted by Crippen LogP contribution is -2.09. The molecule has 0 aliphatic carbocycles. The van der Waals surface area contributed by atoms with Crippen LogP contribution in [-0.2, 0) is 6.42 Å². The van der Waals surface area contributed by atoms with Crippen molar-refractivity contribution in [3.63, 3.8) is 0 Å². The molecule has 0 saturated heterocycles. The fourth-order valence-corrected chi connectivity index (χ4v) is 0.801. The Labute approximate surface area is 76.1 Å². The molecule has 0 aromatic carbocycles. The fourth-order valence-electron chi connectivity index (χ4n) is 0.801. The number of hydrogen-bond acceptors (Lipinski definition) is 6. The number of aromatic nitrogens is 3. The van der Waals surface area contributed by atoms with Crippen molar-refractivity contribution in [2.45, 2.75) is 6.42 Å². The molecule has 0 saturated carbocycles. The first-order valence-corrected chi connectivity index (χ1v) is 3.83. The summed E-state index contributed by atoms with van der Waals surface area (Å²) in [5, 5.41) is 0. The van der Waals surface area contributed by atoms with Crippen LogP contribution in [0.4, 0.5) is 0 Å². The van der Waals surface area contributed by atoms with Crippen molar-refractivity contribution in [3.8, 4) is 12.0 Å². The first-order valence-electron chi connectivity index (χ1n) is 3.83. The third kappa shape index (κ3) is 2.51. The first kappa shape index (κ1) is 9.66. The van der Waals surface area contributed by atoms with E-state index in [0.717, 1.165) is 0 Å². The van der Waals surface area contributed by atoms with Crippen LogP contribution in [-0.4, -0.2) is 35.7 Å². The molecule has 0 atom stereocenters. The van der Waals surface area contributed by atoms with Gasteiger partial charge in [0.1, 0.15) is 5.82 Å². The predicted octanol–water partition coefficient (Wildman–Crippen LogP) is -0.610. The summed E-state index contributed by atoms with van der Waals surface area (Å²) in [5.41, 5.74) is 5.36. The summed E-state index contributed by atoms with van der Waals surface area (Å²) in [5.74, 6) is 0.575. The van der Waals surface area contributed by atoms with Gasteiger partial charge in [0.15, 0.2) is 0 Å². The van der Waals surface area contributed by atoms with E-state index in [-0.39, 0.29) is 12.0 Å². The second kappa shape index (κ2) is 4.56. The number of rotatable bonds is 4. The molecule has 0 radical (unpaired) electrons. The zero-order valence-corrected chi connectivity index (χ0v) is 7.65. The topological polar surface area (TPSA) is 83.2 Å². The molecular formula is C7H12N4O2. The summed E-state index contributed by atoms with van der Waals surface area (Å²) in [6.07, 6.45) is 0.579. The molecule has 1 aromatic rings. The molecule has 6 nitrogen and oxygen atoms in total. The number of nitrogens with two attached hydrogens (primary N) is 1. The Morgan fingerprint density at radius 3 is 2.00 bits per heavy atom. The summed E-state index contributed by atoms with van der Waals surface area (Å²) in [7, 11) is 2.97. The number of ether oxygens (including phenoxy) is 2. The lowest BCUT2D eigenvalue weighted by molar-refractivity contribution is 0.336. The average Bonchev–Trinajstić information content (AvgIpc) is 2.17. The molecular weight excluding hydrogens is 172 g/mol. The van der Waals surface area contributed by atoms with Gasteiger partial charge in [-0.25, -0.2) is 0 Å². The highest BCUT2D eigenvalue weighted by Gasteiger charge is 2.05. The molecule has 1 rings (SSSR count). The summed E-state index contributed by atoms with van der Waals surface area (Å²) < 4.78 is 9.72. The third-order valence-electron chi connectivity index (χ3n) is 1.37. The highest BCUT2D eigenvalue weighted by atomic mass is 16.5. The molecule has 72 valence electrons. The molecule has 1 aromatic heterocycles. The third-order valence-corrected chi connectivity index (χ3v) is 1.37. The summed E-state index contributed by atoms with van der Waals surface area (Å²) in [6, 6.07) is 0.491.